The lowest BCUT2D eigenvalue weighted by Gasteiger charge is -2.32. The largest absolute Gasteiger partial charge is 0.549 e. The molecule has 0 spiro atoms. The summed E-state index contributed by atoms with van der Waals surface area (Å²) in [6.45, 7) is 27.6. The Morgan fingerprint density at radius 2 is 0.833 bits per heavy atom. The Labute approximate surface area is 227 Å². The molecule has 0 heterocycles. The van der Waals surface area contributed by atoms with Gasteiger partial charge in [-0.2, -0.15) is 0 Å². The van der Waals surface area contributed by atoms with Crippen molar-refractivity contribution in [2.24, 2.45) is 0 Å². The number of unbranched alkanes of at least 4 members (excludes halogenated alkanes) is 1. The zero-order chi connectivity index (χ0) is 27.4. The molecule has 0 saturated heterocycles. The lowest BCUT2D eigenvalue weighted by Crippen LogP contribution is -2.23. The van der Waals surface area contributed by atoms with Gasteiger partial charge in [-0.1, -0.05) is 120 Å². The van der Waals surface area contributed by atoms with Crippen LogP contribution in [0.3, 0.4) is 0 Å². The van der Waals surface area contributed by atoms with Gasteiger partial charge in [-0.3, -0.25) is 0 Å². The molecule has 0 radical (unpaired) electrons. The van der Waals surface area contributed by atoms with Gasteiger partial charge in [0.1, 0.15) is 11.5 Å². The first-order chi connectivity index (χ1) is 16.4. The lowest BCUT2D eigenvalue weighted by atomic mass is 9.75. The van der Waals surface area contributed by atoms with Crippen LogP contribution in [0.4, 0.5) is 0 Å². The summed E-state index contributed by atoms with van der Waals surface area (Å²) in [6, 6.07) is 15.7. The molecule has 4 heteroatoms. The zero-order valence-corrected chi connectivity index (χ0v) is 28.4. The van der Waals surface area contributed by atoms with Crippen molar-refractivity contribution in [1.82, 2.24) is 0 Å². The van der Waals surface area contributed by atoms with Crippen LogP contribution in [0.5, 0.6) is 11.5 Å². The Morgan fingerprint density at radius 3 is 1.11 bits per heavy atom. The molecular formula is C32H54O2Si2. The Hall–Kier alpha value is -1.53. The highest BCUT2D eigenvalue weighted by Crippen LogP contribution is 2.41. The van der Waals surface area contributed by atoms with Crippen molar-refractivity contribution in [1.29, 1.82) is 0 Å². The predicted molar refractivity (Wildman–Crippen MR) is 165 cm³/mol. The fraction of sp³-hybridized carbons (Fsp3) is 0.625. The van der Waals surface area contributed by atoms with Crippen LogP contribution >= 0.6 is 0 Å². The van der Waals surface area contributed by atoms with Crippen LogP contribution in [0, 0.1) is 0 Å². The smallest absolute Gasteiger partial charge is 0.219 e. The molecule has 0 aliphatic carbocycles. The van der Waals surface area contributed by atoms with Crippen LogP contribution in [0.25, 0.3) is 0 Å². The molecule has 2 aromatic rings. The second kappa shape index (κ2) is 11.9. The van der Waals surface area contributed by atoms with Crippen LogP contribution < -0.4 is 8.85 Å². The van der Waals surface area contributed by atoms with Crippen LogP contribution in [0.1, 0.15) is 118 Å². The second-order valence-corrected chi connectivity index (χ2v) is 17.3. The molecule has 0 amide bonds. The van der Waals surface area contributed by atoms with Gasteiger partial charge < -0.3 is 8.85 Å². The van der Waals surface area contributed by atoms with E-state index in [4.69, 9.17) is 8.85 Å². The molecule has 0 atom stereocenters. The number of hydrogen-bond acceptors (Lipinski definition) is 2. The molecule has 0 saturated carbocycles. The predicted octanol–water partition coefficient (Wildman–Crippen LogP) is 8.12. The maximum atomic E-state index is 6.49. The quantitative estimate of drug-likeness (QED) is 0.243. The average molecular weight is 527 g/mol. The minimum atomic E-state index is -0.583. The van der Waals surface area contributed by atoms with Gasteiger partial charge in [0.2, 0.25) is 19.5 Å². The highest BCUT2D eigenvalue weighted by molar-refractivity contribution is 6.29. The first-order valence-corrected chi connectivity index (χ1v) is 17.1. The molecule has 0 aliphatic heterocycles. The molecular weight excluding hydrogens is 473 g/mol. The van der Waals surface area contributed by atoms with Crippen molar-refractivity contribution in [3.63, 3.8) is 0 Å². The van der Waals surface area contributed by atoms with Gasteiger partial charge in [-0.25, -0.2) is 0 Å². The van der Waals surface area contributed by atoms with Crippen LogP contribution in [-0.2, 0) is 21.7 Å². The maximum Gasteiger partial charge on any atom is 0.219 e. The molecule has 0 aliphatic rings. The molecule has 0 N–H and O–H groups in total. The molecule has 36 heavy (non-hydrogen) atoms. The fourth-order valence-corrected chi connectivity index (χ4v) is 7.35. The summed E-state index contributed by atoms with van der Waals surface area (Å²) >= 11 is 0. The third-order valence-electron chi connectivity index (χ3n) is 6.72. The molecule has 0 bridgehead atoms. The monoisotopic (exact) mass is 526 g/mol. The van der Waals surface area contributed by atoms with E-state index >= 15 is 0 Å². The van der Waals surface area contributed by atoms with E-state index in [1.54, 1.807) is 0 Å². The summed E-state index contributed by atoms with van der Waals surface area (Å²) < 4.78 is 13.0. The SMILES string of the molecule is CC(C)(C)c1cccc(O[SiH2]CCCC[SiH2]Oc2cccc(C(C)(C)C)c2C(C)(C)C)c1C(C)(C)C. The van der Waals surface area contributed by atoms with E-state index in [2.05, 4.69) is 119 Å². The van der Waals surface area contributed by atoms with Crippen molar-refractivity contribution in [2.75, 3.05) is 0 Å². The summed E-state index contributed by atoms with van der Waals surface area (Å²) in [6.07, 6.45) is 2.50. The van der Waals surface area contributed by atoms with Gasteiger partial charge in [-0.15, -0.1) is 0 Å². The fourth-order valence-electron chi connectivity index (χ4n) is 5.02. The van der Waals surface area contributed by atoms with Crippen LogP contribution in [-0.4, -0.2) is 19.5 Å². The number of hydrogen-bond donors (Lipinski definition) is 0. The van der Waals surface area contributed by atoms with E-state index in [1.807, 2.05) is 0 Å². The van der Waals surface area contributed by atoms with E-state index < -0.39 is 19.5 Å². The van der Waals surface area contributed by atoms with Gasteiger partial charge in [-0.05, 0) is 57.0 Å². The molecule has 0 fully saturated rings. The van der Waals surface area contributed by atoms with Crippen LogP contribution in [0.15, 0.2) is 36.4 Å². The number of benzene rings is 2. The van der Waals surface area contributed by atoms with E-state index in [0.717, 1.165) is 11.5 Å². The standard InChI is InChI=1S/C32H54O2Si2/c1-29(2,3)23-17-15-19-25(27(23)31(7,8)9)33-35-21-13-14-22-36-34-26-20-16-18-24(30(4,5)6)28(26)32(10,11)12/h15-20H,13-14,21-22,35-36H2,1-12H3. The minimum absolute atomic E-state index is 0.0761. The van der Waals surface area contributed by atoms with E-state index in [1.165, 1.54) is 47.2 Å². The Bertz CT molecular complexity index is 902. The van der Waals surface area contributed by atoms with Gasteiger partial charge in [0.15, 0.2) is 0 Å². The highest BCUT2D eigenvalue weighted by atomic mass is 28.2. The van der Waals surface area contributed by atoms with Crippen molar-refractivity contribution >= 4 is 19.5 Å². The Morgan fingerprint density at radius 1 is 0.500 bits per heavy atom. The van der Waals surface area contributed by atoms with Gasteiger partial charge >= 0.3 is 0 Å². The van der Waals surface area contributed by atoms with Gasteiger partial charge in [0, 0.05) is 11.1 Å². The van der Waals surface area contributed by atoms with E-state index in [9.17, 15) is 0 Å². The molecule has 0 aromatic heterocycles. The third kappa shape index (κ3) is 8.51. The summed E-state index contributed by atoms with van der Waals surface area (Å²) in [5.41, 5.74) is 5.99. The first-order valence-electron chi connectivity index (χ1n) is 14.0. The summed E-state index contributed by atoms with van der Waals surface area (Å²) in [4.78, 5) is 0. The van der Waals surface area contributed by atoms with Gasteiger partial charge in [0.25, 0.3) is 0 Å². The Kier molecular flexibility index (Phi) is 10.1. The van der Waals surface area contributed by atoms with Crippen molar-refractivity contribution in [3.05, 3.63) is 58.7 Å². The molecule has 2 nitrogen and oxygen atoms in total. The van der Waals surface area contributed by atoms with Crippen molar-refractivity contribution in [2.45, 2.75) is 130 Å². The second-order valence-electron chi connectivity index (χ2n) is 14.5. The topological polar surface area (TPSA) is 18.5 Å². The third-order valence-corrected chi connectivity index (χ3v) is 9.33. The van der Waals surface area contributed by atoms with Gasteiger partial charge in [0.05, 0.1) is 0 Å². The summed E-state index contributed by atoms with van der Waals surface area (Å²) in [5, 5.41) is 0. The average Bonchev–Trinajstić information content (AvgIpc) is 2.72. The summed E-state index contributed by atoms with van der Waals surface area (Å²) in [5.74, 6) is 2.24. The minimum Gasteiger partial charge on any atom is -0.549 e. The highest BCUT2D eigenvalue weighted by Gasteiger charge is 2.29. The molecule has 0 unspecified atom stereocenters. The normalized spacial score (nSPS) is 13.8. The summed E-state index contributed by atoms with van der Waals surface area (Å²) in [7, 11) is -1.17. The molecule has 202 valence electrons. The lowest BCUT2D eigenvalue weighted by molar-refractivity contribution is 0.491. The molecule has 2 aromatic carbocycles. The van der Waals surface area contributed by atoms with Crippen molar-refractivity contribution in [3.8, 4) is 11.5 Å². The van der Waals surface area contributed by atoms with E-state index in [0.29, 0.717) is 0 Å². The maximum absolute atomic E-state index is 6.49. The number of rotatable bonds is 9. The zero-order valence-electron chi connectivity index (χ0n) is 25.5. The molecule has 2 rings (SSSR count). The van der Waals surface area contributed by atoms with E-state index in [-0.39, 0.29) is 21.7 Å². The first kappa shape index (κ1) is 30.7. The Balaban J connectivity index is 1.89. The van der Waals surface area contributed by atoms with Crippen LogP contribution in [0.2, 0.25) is 12.1 Å². The van der Waals surface area contributed by atoms with Crippen molar-refractivity contribution < 1.29 is 8.85 Å².